The first-order valence-electron chi connectivity index (χ1n) is 9.76. The van der Waals surface area contributed by atoms with E-state index in [0.717, 1.165) is 31.8 Å². The van der Waals surface area contributed by atoms with E-state index >= 15 is 0 Å². The fourth-order valence-corrected chi connectivity index (χ4v) is 4.22. The van der Waals surface area contributed by atoms with Gasteiger partial charge in [-0.05, 0) is 50.9 Å². The van der Waals surface area contributed by atoms with Crippen molar-refractivity contribution in [3.63, 3.8) is 0 Å². The Morgan fingerprint density at radius 3 is 2.60 bits per heavy atom. The van der Waals surface area contributed by atoms with Gasteiger partial charge in [-0.15, -0.1) is 10.2 Å². The first-order chi connectivity index (χ1) is 12.3. The van der Waals surface area contributed by atoms with Crippen molar-refractivity contribution in [2.45, 2.75) is 57.0 Å². The Balaban J connectivity index is 1.49. The normalized spacial score (nSPS) is 23.4. The maximum atomic E-state index is 4.66. The Hall–Kier alpha value is -1.79. The third kappa shape index (κ3) is 3.60. The zero-order chi connectivity index (χ0) is 17.1. The van der Waals surface area contributed by atoms with Crippen molar-refractivity contribution in [1.29, 1.82) is 0 Å². The Labute approximate surface area is 150 Å². The van der Waals surface area contributed by atoms with E-state index in [1.54, 1.807) is 0 Å². The van der Waals surface area contributed by atoms with Crippen LogP contribution in [0.3, 0.4) is 0 Å². The third-order valence-corrected chi connectivity index (χ3v) is 5.68. The molecule has 4 rings (SSSR count). The predicted octanol–water partition coefficient (Wildman–Crippen LogP) is 2.51. The molecular formula is C19H30N6. The minimum Gasteiger partial charge on any atom is -0.382 e. The van der Waals surface area contributed by atoms with Gasteiger partial charge in [0.25, 0.3) is 0 Å². The second kappa shape index (κ2) is 7.62. The summed E-state index contributed by atoms with van der Waals surface area (Å²) in [4.78, 5) is 0. The Morgan fingerprint density at radius 2 is 1.80 bits per heavy atom. The van der Waals surface area contributed by atoms with Gasteiger partial charge in [0.1, 0.15) is 0 Å². The van der Waals surface area contributed by atoms with E-state index in [0.29, 0.717) is 12.1 Å². The van der Waals surface area contributed by atoms with Crippen LogP contribution >= 0.6 is 0 Å². The molecule has 1 aliphatic carbocycles. The zero-order valence-corrected chi connectivity index (χ0v) is 15.2. The van der Waals surface area contributed by atoms with Crippen LogP contribution in [0, 0.1) is 0 Å². The SMILES string of the molecule is CN1C(c2ccccc2NC2CCCCC2)=NNN1C1CCNCC1. The van der Waals surface area contributed by atoms with Crippen LogP contribution in [0.2, 0.25) is 0 Å². The predicted molar refractivity (Wildman–Crippen MR) is 102 cm³/mol. The summed E-state index contributed by atoms with van der Waals surface area (Å²) in [6.45, 7) is 2.15. The van der Waals surface area contributed by atoms with Gasteiger partial charge in [0, 0.05) is 24.3 Å². The van der Waals surface area contributed by atoms with Gasteiger partial charge in [-0.3, -0.25) is 5.01 Å². The quantitative estimate of drug-likeness (QED) is 0.785. The molecule has 0 radical (unpaired) electrons. The lowest BCUT2D eigenvalue weighted by molar-refractivity contribution is -0.0227. The van der Waals surface area contributed by atoms with Gasteiger partial charge in [-0.1, -0.05) is 31.4 Å². The van der Waals surface area contributed by atoms with E-state index in [4.69, 9.17) is 0 Å². The number of anilines is 1. The highest BCUT2D eigenvalue weighted by Crippen LogP contribution is 2.26. The summed E-state index contributed by atoms with van der Waals surface area (Å²) in [5, 5.41) is 16.2. The third-order valence-electron chi connectivity index (χ3n) is 5.68. The second-order valence-corrected chi connectivity index (χ2v) is 7.41. The van der Waals surface area contributed by atoms with E-state index in [-0.39, 0.29) is 0 Å². The van der Waals surface area contributed by atoms with Gasteiger partial charge in [-0.25, -0.2) is 5.53 Å². The molecule has 136 valence electrons. The molecule has 3 aliphatic rings. The van der Waals surface area contributed by atoms with Gasteiger partial charge < -0.3 is 10.6 Å². The molecule has 1 saturated heterocycles. The molecule has 1 aromatic rings. The molecule has 1 saturated carbocycles. The monoisotopic (exact) mass is 342 g/mol. The molecule has 0 unspecified atom stereocenters. The van der Waals surface area contributed by atoms with E-state index < -0.39 is 0 Å². The summed E-state index contributed by atoms with van der Waals surface area (Å²) in [6, 6.07) is 9.66. The van der Waals surface area contributed by atoms with Crippen molar-refractivity contribution >= 4 is 11.5 Å². The lowest BCUT2D eigenvalue weighted by Crippen LogP contribution is -2.53. The van der Waals surface area contributed by atoms with Gasteiger partial charge >= 0.3 is 0 Å². The molecule has 6 heteroatoms. The number of para-hydroxylation sites is 1. The molecule has 0 aromatic heterocycles. The van der Waals surface area contributed by atoms with Crippen molar-refractivity contribution < 1.29 is 0 Å². The minimum absolute atomic E-state index is 0.492. The largest absolute Gasteiger partial charge is 0.382 e. The molecule has 0 atom stereocenters. The van der Waals surface area contributed by atoms with Crippen LogP contribution < -0.4 is 16.2 Å². The van der Waals surface area contributed by atoms with Gasteiger partial charge in [0.05, 0.1) is 6.04 Å². The number of amidine groups is 1. The second-order valence-electron chi connectivity index (χ2n) is 7.41. The van der Waals surface area contributed by atoms with Crippen molar-refractivity contribution in [1.82, 2.24) is 21.0 Å². The number of hydrazone groups is 1. The summed E-state index contributed by atoms with van der Waals surface area (Å²) in [6.07, 6.45) is 8.89. The standard InChI is InChI=1S/C19H30N6/c1-24-19(22-23-25(24)16-11-13-20-14-12-16)17-9-5-6-10-18(17)21-15-7-3-2-4-8-15/h5-6,9-10,15-16,20-21,23H,2-4,7-8,11-14H2,1H3. The fourth-order valence-electron chi connectivity index (χ4n) is 4.22. The molecule has 3 N–H and O–H groups in total. The number of nitrogens with one attached hydrogen (secondary N) is 3. The highest BCUT2D eigenvalue weighted by Gasteiger charge is 2.31. The van der Waals surface area contributed by atoms with E-state index in [2.05, 4.69) is 62.7 Å². The highest BCUT2D eigenvalue weighted by molar-refractivity contribution is 6.03. The van der Waals surface area contributed by atoms with Crippen LogP contribution in [0.25, 0.3) is 0 Å². The van der Waals surface area contributed by atoms with Gasteiger partial charge in [0.2, 0.25) is 0 Å². The van der Waals surface area contributed by atoms with Crippen molar-refractivity contribution in [3.8, 4) is 0 Å². The van der Waals surface area contributed by atoms with Crippen LogP contribution in [0.1, 0.15) is 50.5 Å². The summed E-state index contributed by atoms with van der Waals surface area (Å²) in [7, 11) is 2.11. The van der Waals surface area contributed by atoms with Crippen molar-refractivity contribution in [2.24, 2.45) is 5.10 Å². The van der Waals surface area contributed by atoms with E-state index in [1.807, 2.05) is 0 Å². The number of nitrogens with zero attached hydrogens (tertiary/aromatic N) is 3. The van der Waals surface area contributed by atoms with Crippen molar-refractivity contribution in [3.05, 3.63) is 29.8 Å². The molecule has 2 fully saturated rings. The summed E-state index contributed by atoms with van der Waals surface area (Å²) < 4.78 is 0. The van der Waals surface area contributed by atoms with Crippen LogP contribution in [0.15, 0.2) is 29.4 Å². The molecular weight excluding hydrogens is 312 g/mol. The highest BCUT2D eigenvalue weighted by atomic mass is 15.9. The lowest BCUT2D eigenvalue weighted by Gasteiger charge is -2.35. The minimum atomic E-state index is 0.492. The van der Waals surface area contributed by atoms with Crippen LogP contribution in [0.5, 0.6) is 0 Å². The molecule has 25 heavy (non-hydrogen) atoms. The Morgan fingerprint density at radius 1 is 1.04 bits per heavy atom. The molecule has 2 aliphatic heterocycles. The summed E-state index contributed by atoms with van der Waals surface area (Å²) in [5.41, 5.74) is 5.63. The number of hydrogen-bond donors (Lipinski definition) is 3. The Kier molecular flexibility index (Phi) is 5.08. The number of hydrogen-bond acceptors (Lipinski definition) is 6. The molecule has 6 nitrogen and oxygen atoms in total. The zero-order valence-electron chi connectivity index (χ0n) is 15.2. The van der Waals surface area contributed by atoms with Crippen molar-refractivity contribution in [2.75, 3.05) is 25.5 Å². The maximum absolute atomic E-state index is 4.66. The Bertz CT molecular complexity index is 604. The van der Waals surface area contributed by atoms with Crippen LogP contribution in [0.4, 0.5) is 5.69 Å². The van der Waals surface area contributed by atoms with Crippen LogP contribution in [-0.2, 0) is 0 Å². The number of benzene rings is 1. The first kappa shape index (κ1) is 16.7. The van der Waals surface area contributed by atoms with E-state index in [1.165, 1.54) is 43.4 Å². The molecule has 1 aromatic carbocycles. The molecule has 0 amide bonds. The molecule has 2 heterocycles. The van der Waals surface area contributed by atoms with Gasteiger partial charge in [0.15, 0.2) is 5.84 Å². The van der Waals surface area contributed by atoms with Crippen LogP contribution in [-0.4, -0.2) is 48.2 Å². The molecule has 0 bridgehead atoms. The summed E-state index contributed by atoms with van der Waals surface area (Å²) >= 11 is 0. The van der Waals surface area contributed by atoms with Gasteiger partial charge in [-0.2, -0.15) is 0 Å². The lowest BCUT2D eigenvalue weighted by atomic mass is 9.95. The molecule has 0 spiro atoms. The average molecular weight is 342 g/mol. The number of rotatable bonds is 4. The maximum Gasteiger partial charge on any atom is 0.175 e. The number of piperidine rings is 1. The first-order valence-corrected chi connectivity index (χ1v) is 9.76. The average Bonchev–Trinajstić information content (AvgIpc) is 3.05. The number of hydrazine groups is 2. The van der Waals surface area contributed by atoms with E-state index in [9.17, 15) is 0 Å². The smallest absolute Gasteiger partial charge is 0.175 e. The topological polar surface area (TPSA) is 54.9 Å². The summed E-state index contributed by atoms with van der Waals surface area (Å²) in [5.74, 6) is 0.998. The fraction of sp³-hybridized carbons (Fsp3) is 0.632.